The van der Waals surface area contributed by atoms with Crippen LogP contribution < -0.4 is 9.47 Å². The first kappa shape index (κ1) is 34.7. The fourth-order valence-corrected chi connectivity index (χ4v) is 4.21. The molecule has 45 heavy (non-hydrogen) atoms. The zero-order chi connectivity index (χ0) is 32.6. The molecule has 238 valence electrons. The van der Waals surface area contributed by atoms with Gasteiger partial charge in [0.25, 0.3) is 6.08 Å². The largest absolute Gasteiger partial charge is 0.490 e. The summed E-state index contributed by atoms with van der Waals surface area (Å²) in [4.78, 5) is 23.3. The molecule has 8 nitrogen and oxygen atoms in total. The summed E-state index contributed by atoms with van der Waals surface area (Å²) >= 11 is 0. The monoisotopic (exact) mass is 622 g/mol. The lowest BCUT2D eigenvalue weighted by Crippen LogP contribution is -2.15. The van der Waals surface area contributed by atoms with E-state index < -0.39 is 31.2 Å². The Labute approximate surface area is 260 Å². The number of hydrogen-bond donors (Lipinski definition) is 2. The van der Waals surface area contributed by atoms with Crippen molar-refractivity contribution >= 4 is 11.9 Å². The summed E-state index contributed by atoms with van der Waals surface area (Å²) in [5, 5.41) is 17.9. The molecule has 3 aromatic carbocycles. The van der Waals surface area contributed by atoms with Crippen molar-refractivity contribution in [3.8, 4) is 33.8 Å². The molecule has 0 fully saturated rings. The molecule has 0 radical (unpaired) electrons. The SMILES string of the molecule is C=C(CO)C(=O)OCCOc1cccc(-c2ccc(-c3cccc(OCCOC(=O)C(=C)CO)c3)c(CCCC=C(F)F)c2)c1. The predicted molar refractivity (Wildman–Crippen MR) is 166 cm³/mol. The maximum atomic E-state index is 12.7. The second kappa shape index (κ2) is 18.1. The van der Waals surface area contributed by atoms with E-state index in [9.17, 15) is 18.4 Å². The van der Waals surface area contributed by atoms with E-state index >= 15 is 0 Å². The maximum absolute atomic E-state index is 12.7. The highest BCUT2D eigenvalue weighted by Crippen LogP contribution is 2.33. The maximum Gasteiger partial charge on any atom is 0.335 e. The molecular weight excluding hydrogens is 586 g/mol. The predicted octanol–water partition coefficient (Wildman–Crippen LogP) is 6.06. The number of aryl methyl sites for hydroxylation is 1. The number of rotatable bonds is 18. The van der Waals surface area contributed by atoms with Gasteiger partial charge in [-0.2, -0.15) is 8.78 Å². The van der Waals surface area contributed by atoms with Crippen molar-refractivity contribution in [2.24, 2.45) is 0 Å². The molecule has 10 heteroatoms. The van der Waals surface area contributed by atoms with Crippen LogP contribution in [0.5, 0.6) is 11.5 Å². The van der Waals surface area contributed by atoms with Gasteiger partial charge in [-0.25, -0.2) is 9.59 Å². The molecule has 0 amide bonds. The van der Waals surface area contributed by atoms with Gasteiger partial charge in [-0.3, -0.25) is 0 Å². The molecule has 0 aliphatic carbocycles. The number of esters is 2. The van der Waals surface area contributed by atoms with E-state index in [2.05, 4.69) is 13.2 Å². The molecule has 0 heterocycles. The van der Waals surface area contributed by atoms with Crippen molar-refractivity contribution in [1.29, 1.82) is 0 Å². The summed E-state index contributed by atoms with van der Waals surface area (Å²) in [6.07, 6.45) is 0.502. The molecule has 3 rings (SSSR count). The number of unbranched alkanes of at least 4 members (excludes halogenated alkanes) is 1. The van der Waals surface area contributed by atoms with Crippen LogP contribution in [0.1, 0.15) is 18.4 Å². The van der Waals surface area contributed by atoms with Crippen LogP contribution in [0.25, 0.3) is 22.3 Å². The number of halogens is 2. The first-order valence-corrected chi connectivity index (χ1v) is 14.2. The smallest absolute Gasteiger partial charge is 0.335 e. The average molecular weight is 623 g/mol. The lowest BCUT2D eigenvalue weighted by atomic mass is 9.92. The van der Waals surface area contributed by atoms with Gasteiger partial charge < -0.3 is 29.2 Å². The molecule has 0 aliphatic heterocycles. The minimum absolute atomic E-state index is 0.0117. The molecule has 0 aliphatic rings. The molecule has 2 N–H and O–H groups in total. The van der Waals surface area contributed by atoms with E-state index in [1.165, 1.54) is 0 Å². The second-order valence-electron chi connectivity index (χ2n) is 9.81. The van der Waals surface area contributed by atoms with Crippen molar-refractivity contribution in [3.05, 3.63) is 109 Å². The zero-order valence-corrected chi connectivity index (χ0v) is 24.8. The summed E-state index contributed by atoms with van der Waals surface area (Å²) in [5.41, 5.74) is 4.43. The highest BCUT2D eigenvalue weighted by atomic mass is 19.3. The normalized spacial score (nSPS) is 10.5. The third-order valence-electron chi connectivity index (χ3n) is 6.50. The molecule has 0 bridgehead atoms. The molecule has 0 spiro atoms. The van der Waals surface area contributed by atoms with E-state index in [4.69, 9.17) is 29.2 Å². The molecule has 3 aromatic rings. The number of ether oxygens (including phenoxy) is 4. The van der Waals surface area contributed by atoms with Crippen molar-refractivity contribution in [1.82, 2.24) is 0 Å². The molecule has 0 unspecified atom stereocenters. The number of aliphatic hydroxyl groups is 2. The Kier molecular flexibility index (Phi) is 14.0. The minimum atomic E-state index is -1.70. The Morgan fingerprint density at radius 1 is 0.711 bits per heavy atom. The van der Waals surface area contributed by atoms with Gasteiger partial charge in [0.1, 0.15) is 37.9 Å². The number of carbonyl (C=O) groups is 2. The van der Waals surface area contributed by atoms with E-state index in [0.717, 1.165) is 33.9 Å². The number of allylic oxidation sites excluding steroid dienone is 1. The lowest BCUT2D eigenvalue weighted by molar-refractivity contribution is -0.141. The van der Waals surface area contributed by atoms with Crippen LogP contribution >= 0.6 is 0 Å². The van der Waals surface area contributed by atoms with Crippen molar-refractivity contribution in [2.75, 3.05) is 39.6 Å². The van der Waals surface area contributed by atoms with Gasteiger partial charge in [0.15, 0.2) is 0 Å². The van der Waals surface area contributed by atoms with Gasteiger partial charge >= 0.3 is 11.9 Å². The topological polar surface area (TPSA) is 112 Å². The molecule has 0 aromatic heterocycles. The first-order chi connectivity index (χ1) is 21.7. The Balaban J connectivity index is 1.76. The third kappa shape index (κ3) is 11.3. The lowest BCUT2D eigenvalue weighted by Gasteiger charge is -2.15. The molecule has 0 saturated heterocycles. The van der Waals surface area contributed by atoms with Crippen LogP contribution in [0.3, 0.4) is 0 Å². The van der Waals surface area contributed by atoms with Crippen molar-refractivity contribution < 1.29 is 47.5 Å². The quantitative estimate of drug-likeness (QED) is 0.100. The van der Waals surface area contributed by atoms with Gasteiger partial charge in [-0.15, -0.1) is 0 Å². The fourth-order valence-electron chi connectivity index (χ4n) is 4.21. The summed E-state index contributed by atoms with van der Waals surface area (Å²) in [6.45, 7) is 6.05. The highest BCUT2D eigenvalue weighted by Gasteiger charge is 2.12. The van der Waals surface area contributed by atoms with Crippen LogP contribution in [0.15, 0.2) is 103 Å². The average Bonchev–Trinajstić information content (AvgIpc) is 3.06. The minimum Gasteiger partial charge on any atom is -0.490 e. The fraction of sp³-hybridized carbons (Fsp3) is 0.257. The number of carbonyl (C=O) groups excluding carboxylic acids is 2. The van der Waals surface area contributed by atoms with E-state index in [-0.39, 0.29) is 44.0 Å². The van der Waals surface area contributed by atoms with Crippen molar-refractivity contribution in [3.63, 3.8) is 0 Å². The van der Waals surface area contributed by atoms with Crippen LogP contribution in [0.4, 0.5) is 8.78 Å². The van der Waals surface area contributed by atoms with Crippen LogP contribution in [-0.2, 0) is 25.5 Å². The summed E-state index contributed by atoms with van der Waals surface area (Å²) in [5.74, 6) is -0.255. The summed E-state index contributed by atoms with van der Waals surface area (Å²) in [6, 6.07) is 20.7. The first-order valence-electron chi connectivity index (χ1n) is 14.2. The zero-order valence-electron chi connectivity index (χ0n) is 24.8. The van der Waals surface area contributed by atoms with Crippen LogP contribution in [-0.4, -0.2) is 61.8 Å². The van der Waals surface area contributed by atoms with E-state index in [1.807, 2.05) is 54.6 Å². The summed E-state index contributed by atoms with van der Waals surface area (Å²) < 4.78 is 46.8. The number of hydrogen-bond acceptors (Lipinski definition) is 8. The Bertz CT molecular complexity index is 1510. The molecule has 0 saturated carbocycles. The van der Waals surface area contributed by atoms with Gasteiger partial charge in [0.05, 0.1) is 24.4 Å². The van der Waals surface area contributed by atoms with Gasteiger partial charge in [0.2, 0.25) is 0 Å². The number of aliphatic hydroxyl groups excluding tert-OH is 2. The van der Waals surface area contributed by atoms with Crippen LogP contribution in [0.2, 0.25) is 0 Å². The van der Waals surface area contributed by atoms with Crippen LogP contribution in [0, 0.1) is 0 Å². The summed E-state index contributed by atoms with van der Waals surface area (Å²) in [7, 11) is 0. The molecule has 0 atom stereocenters. The standard InChI is InChI=1S/C35H36F2O8/c1-24(22-38)34(40)44-17-15-42-30-10-5-8-26(20-30)27-13-14-32(28(19-27)7-3-4-12-33(36)37)29-9-6-11-31(21-29)43-16-18-45-35(41)25(2)23-39/h5-6,8-14,19-21,38-39H,1-4,7,15-18,22-23H2. The Hall–Kier alpha value is -4.80. The van der Waals surface area contributed by atoms with E-state index in [1.54, 1.807) is 12.1 Å². The van der Waals surface area contributed by atoms with Crippen molar-refractivity contribution in [2.45, 2.75) is 19.3 Å². The number of benzene rings is 3. The van der Waals surface area contributed by atoms with Gasteiger partial charge in [-0.05, 0) is 77.4 Å². The van der Waals surface area contributed by atoms with E-state index in [0.29, 0.717) is 24.3 Å². The second-order valence-corrected chi connectivity index (χ2v) is 9.81. The Morgan fingerprint density at radius 2 is 1.24 bits per heavy atom. The highest BCUT2D eigenvalue weighted by molar-refractivity contribution is 5.88. The Morgan fingerprint density at radius 3 is 1.80 bits per heavy atom. The van der Waals surface area contributed by atoms with Gasteiger partial charge in [0, 0.05) is 0 Å². The third-order valence-corrected chi connectivity index (χ3v) is 6.50. The van der Waals surface area contributed by atoms with Gasteiger partial charge in [-0.1, -0.05) is 55.6 Å². The molecular formula is C35H36F2O8.